The number of rotatable bonds is 7. The molecule has 0 fully saturated rings. The highest BCUT2D eigenvalue weighted by Gasteiger charge is 2.16. The lowest BCUT2D eigenvalue weighted by Crippen LogP contribution is -2.43. The van der Waals surface area contributed by atoms with Crippen LogP contribution in [-0.2, 0) is 25.8 Å². The Morgan fingerprint density at radius 1 is 1.35 bits per heavy atom. The fourth-order valence-electron chi connectivity index (χ4n) is 2.97. The molecule has 2 aromatic rings. The van der Waals surface area contributed by atoms with E-state index < -0.39 is 0 Å². The maximum Gasteiger partial charge on any atom is 0.191 e. The third kappa shape index (κ3) is 6.17. The molecule has 0 aromatic carbocycles. The van der Waals surface area contributed by atoms with Crippen LogP contribution in [0.3, 0.4) is 0 Å². The first-order valence-electron chi connectivity index (χ1n) is 8.94. The Hall–Kier alpha value is -0.710. The normalized spacial score (nSPS) is 14.6. The zero-order chi connectivity index (χ0) is 17.5. The van der Waals surface area contributed by atoms with Crippen LogP contribution in [0.15, 0.2) is 22.6 Å². The molecule has 0 bridgehead atoms. The molecule has 3 rings (SSSR count). The molecule has 0 saturated heterocycles. The second-order valence-corrected chi connectivity index (χ2v) is 8.35. The molecule has 2 N–H and O–H groups in total. The summed E-state index contributed by atoms with van der Waals surface area (Å²) >= 11 is 3.70. The lowest BCUT2D eigenvalue weighted by Gasteiger charge is -2.27. The minimum atomic E-state index is 0. The van der Waals surface area contributed by atoms with Gasteiger partial charge in [-0.15, -0.1) is 46.7 Å². The molecule has 1 aliphatic heterocycles. The van der Waals surface area contributed by atoms with Gasteiger partial charge < -0.3 is 10.6 Å². The van der Waals surface area contributed by atoms with Crippen LogP contribution in [0.4, 0.5) is 0 Å². The molecule has 1 aliphatic rings. The third-order valence-corrected chi connectivity index (χ3v) is 6.64. The van der Waals surface area contributed by atoms with E-state index in [1.165, 1.54) is 21.9 Å². The smallest absolute Gasteiger partial charge is 0.191 e. The molecule has 0 saturated carbocycles. The van der Waals surface area contributed by atoms with Gasteiger partial charge >= 0.3 is 0 Å². The van der Waals surface area contributed by atoms with Gasteiger partial charge in [0.25, 0.3) is 0 Å². The van der Waals surface area contributed by atoms with E-state index in [1.807, 2.05) is 24.6 Å². The molecule has 0 radical (unpaired) electrons. The summed E-state index contributed by atoms with van der Waals surface area (Å²) in [5.74, 6) is 0.875. The number of aromatic nitrogens is 1. The van der Waals surface area contributed by atoms with E-state index in [1.54, 1.807) is 16.2 Å². The van der Waals surface area contributed by atoms with Gasteiger partial charge in [0.15, 0.2) is 5.96 Å². The monoisotopic (exact) mass is 505 g/mol. The summed E-state index contributed by atoms with van der Waals surface area (Å²) in [4.78, 5) is 14.2. The van der Waals surface area contributed by atoms with Crippen molar-refractivity contribution in [1.29, 1.82) is 0 Å². The van der Waals surface area contributed by atoms with Crippen molar-refractivity contribution in [2.45, 2.75) is 32.7 Å². The van der Waals surface area contributed by atoms with Gasteiger partial charge in [-0.1, -0.05) is 6.92 Å². The SMILES string of the molecule is CCc1cnc(CCNC(=NC)NCCN2CCc3sccc3C2)s1.I. The minimum absolute atomic E-state index is 0. The number of halogens is 1. The number of aryl methyl sites for hydroxylation is 1. The highest BCUT2D eigenvalue weighted by Crippen LogP contribution is 2.23. The van der Waals surface area contributed by atoms with Crippen LogP contribution in [0.2, 0.25) is 0 Å². The van der Waals surface area contributed by atoms with Crippen molar-refractivity contribution in [2.24, 2.45) is 4.99 Å². The third-order valence-electron chi connectivity index (χ3n) is 4.41. The van der Waals surface area contributed by atoms with E-state index in [9.17, 15) is 0 Å². The van der Waals surface area contributed by atoms with E-state index >= 15 is 0 Å². The van der Waals surface area contributed by atoms with Crippen LogP contribution >= 0.6 is 46.7 Å². The van der Waals surface area contributed by atoms with Crippen molar-refractivity contribution in [3.63, 3.8) is 0 Å². The molecule has 3 heterocycles. The van der Waals surface area contributed by atoms with E-state index in [0.717, 1.165) is 51.5 Å². The standard InChI is InChI=1S/C18H27N5S2.HI/c1-3-15-12-22-17(25-15)4-7-20-18(19-2)21-8-10-23-9-5-16-14(13-23)6-11-24-16;/h6,11-12H,3-5,7-10,13H2,1-2H3,(H2,19,20,21);1H. The van der Waals surface area contributed by atoms with E-state index in [2.05, 4.69) is 43.9 Å². The van der Waals surface area contributed by atoms with Crippen molar-refractivity contribution in [2.75, 3.05) is 33.2 Å². The molecule has 0 amide bonds. The number of hydrogen-bond acceptors (Lipinski definition) is 5. The van der Waals surface area contributed by atoms with Gasteiger partial charge in [0.2, 0.25) is 0 Å². The molecule has 144 valence electrons. The van der Waals surface area contributed by atoms with Crippen molar-refractivity contribution in [1.82, 2.24) is 20.5 Å². The highest BCUT2D eigenvalue weighted by molar-refractivity contribution is 14.0. The largest absolute Gasteiger partial charge is 0.356 e. The molecule has 8 heteroatoms. The quantitative estimate of drug-likeness (QED) is 0.345. The Balaban J connectivity index is 0.00000243. The number of nitrogens with zero attached hydrogens (tertiary/aromatic N) is 3. The van der Waals surface area contributed by atoms with Crippen LogP contribution in [-0.4, -0.2) is 49.1 Å². The molecular formula is C18H28IN5S2. The second kappa shape index (κ2) is 11.2. The average Bonchev–Trinajstić information content (AvgIpc) is 3.28. The van der Waals surface area contributed by atoms with Crippen LogP contribution in [0, 0.1) is 0 Å². The summed E-state index contributed by atoms with van der Waals surface area (Å²) in [6, 6.07) is 2.27. The fraction of sp³-hybridized carbons (Fsp3) is 0.556. The van der Waals surface area contributed by atoms with Crippen molar-refractivity contribution in [3.05, 3.63) is 38.0 Å². The molecule has 26 heavy (non-hydrogen) atoms. The topological polar surface area (TPSA) is 52.6 Å². The second-order valence-electron chi connectivity index (χ2n) is 6.14. The minimum Gasteiger partial charge on any atom is -0.356 e. The van der Waals surface area contributed by atoms with E-state index in [0.29, 0.717) is 0 Å². The van der Waals surface area contributed by atoms with Gasteiger partial charge in [-0.3, -0.25) is 9.89 Å². The van der Waals surface area contributed by atoms with Gasteiger partial charge in [-0.25, -0.2) is 4.98 Å². The number of thiophene rings is 1. The lowest BCUT2D eigenvalue weighted by atomic mass is 10.1. The summed E-state index contributed by atoms with van der Waals surface area (Å²) in [6.45, 7) is 7.22. The van der Waals surface area contributed by atoms with Crippen LogP contribution < -0.4 is 10.6 Å². The molecule has 0 atom stereocenters. The number of guanidine groups is 1. The van der Waals surface area contributed by atoms with Gasteiger partial charge in [0, 0.05) is 62.1 Å². The van der Waals surface area contributed by atoms with E-state index in [-0.39, 0.29) is 24.0 Å². The summed E-state index contributed by atoms with van der Waals surface area (Å²) in [5.41, 5.74) is 1.51. The number of nitrogens with one attached hydrogen (secondary N) is 2. The summed E-state index contributed by atoms with van der Waals surface area (Å²) < 4.78 is 0. The fourth-order valence-corrected chi connectivity index (χ4v) is 4.72. The zero-order valence-corrected chi connectivity index (χ0v) is 19.4. The molecule has 0 aliphatic carbocycles. The zero-order valence-electron chi connectivity index (χ0n) is 15.5. The first kappa shape index (κ1) is 21.6. The van der Waals surface area contributed by atoms with Crippen LogP contribution in [0.1, 0.15) is 27.2 Å². The van der Waals surface area contributed by atoms with Crippen molar-refractivity contribution < 1.29 is 0 Å². The Kier molecular flexibility index (Phi) is 9.30. The average molecular weight is 505 g/mol. The highest BCUT2D eigenvalue weighted by atomic mass is 127. The first-order chi connectivity index (χ1) is 12.3. The van der Waals surface area contributed by atoms with Crippen molar-refractivity contribution >= 4 is 52.6 Å². The number of hydrogen-bond donors (Lipinski definition) is 2. The van der Waals surface area contributed by atoms with Gasteiger partial charge in [-0.2, -0.15) is 0 Å². The van der Waals surface area contributed by atoms with E-state index in [4.69, 9.17) is 0 Å². The molecule has 2 aromatic heterocycles. The summed E-state index contributed by atoms with van der Waals surface area (Å²) in [5, 5.41) is 10.2. The van der Waals surface area contributed by atoms with Crippen LogP contribution in [0.25, 0.3) is 0 Å². The first-order valence-corrected chi connectivity index (χ1v) is 10.6. The van der Waals surface area contributed by atoms with Crippen LogP contribution in [0.5, 0.6) is 0 Å². The Morgan fingerprint density at radius 3 is 2.96 bits per heavy atom. The maximum atomic E-state index is 4.46. The molecule has 0 spiro atoms. The number of thiazole rings is 1. The predicted octanol–water partition coefficient (Wildman–Crippen LogP) is 3.15. The Bertz CT molecular complexity index is 697. The summed E-state index contributed by atoms with van der Waals surface area (Å²) in [6.07, 6.45) is 5.19. The number of fused-ring (bicyclic) bond motifs is 1. The van der Waals surface area contributed by atoms with Gasteiger partial charge in [0.05, 0.1) is 5.01 Å². The molecule has 5 nitrogen and oxygen atoms in total. The lowest BCUT2D eigenvalue weighted by molar-refractivity contribution is 0.260. The maximum absolute atomic E-state index is 4.46. The molecular weight excluding hydrogens is 477 g/mol. The molecule has 0 unspecified atom stereocenters. The predicted molar refractivity (Wildman–Crippen MR) is 123 cm³/mol. The van der Waals surface area contributed by atoms with Gasteiger partial charge in [-0.05, 0) is 29.9 Å². The number of aliphatic imine (C=N–C) groups is 1. The Labute approximate surface area is 181 Å². The Morgan fingerprint density at radius 2 is 2.19 bits per heavy atom. The van der Waals surface area contributed by atoms with Gasteiger partial charge in [0.1, 0.15) is 0 Å². The summed E-state index contributed by atoms with van der Waals surface area (Å²) in [7, 11) is 1.83. The van der Waals surface area contributed by atoms with Crippen molar-refractivity contribution in [3.8, 4) is 0 Å².